The van der Waals surface area contributed by atoms with Crippen molar-refractivity contribution in [1.29, 1.82) is 0 Å². The highest BCUT2D eigenvalue weighted by Crippen LogP contribution is 2.31. The number of rotatable bonds is 7. The number of nitrogens with one attached hydrogen (secondary N) is 2. The molecular formula is C26H19N3O5. The van der Waals surface area contributed by atoms with Crippen LogP contribution in [0.15, 0.2) is 101 Å². The molecule has 0 aliphatic heterocycles. The van der Waals surface area contributed by atoms with Gasteiger partial charge in [0.1, 0.15) is 11.5 Å². The van der Waals surface area contributed by atoms with Crippen LogP contribution in [0.3, 0.4) is 0 Å². The predicted molar refractivity (Wildman–Crippen MR) is 129 cm³/mol. The van der Waals surface area contributed by atoms with E-state index in [9.17, 15) is 19.7 Å². The number of nitro groups is 1. The molecule has 3 aromatic carbocycles. The van der Waals surface area contributed by atoms with Crippen molar-refractivity contribution in [2.24, 2.45) is 0 Å². The highest BCUT2D eigenvalue weighted by Gasteiger charge is 2.16. The Hall–Kier alpha value is -4.98. The molecule has 2 amide bonds. The Balaban J connectivity index is 1.36. The van der Waals surface area contributed by atoms with Crippen molar-refractivity contribution in [2.75, 3.05) is 10.6 Å². The largest absolute Gasteiger partial charge is 0.456 e. The number of benzene rings is 3. The Bertz CT molecular complexity index is 1360. The molecule has 8 heteroatoms. The first kappa shape index (κ1) is 22.2. The molecule has 0 spiro atoms. The summed E-state index contributed by atoms with van der Waals surface area (Å²) >= 11 is 0. The minimum absolute atomic E-state index is 0.0615. The number of amides is 2. The van der Waals surface area contributed by atoms with Crippen LogP contribution >= 0.6 is 0 Å². The quantitative estimate of drug-likeness (QED) is 0.210. The van der Waals surface area contributed by atoms with E-state index in [-0.39, 0.29) is 17.5 Å². The molecule has 1 heterocycles. The fraction of sp³-hybridized carbons (Fsp3) is 0. The molecule has 4 aromatic rings. The third-order valence-corrected chi connectivity index (χ3v) is 4.84. The van der Waals surface area contributed by atoms with Gasteiger partial charge in [0.2, 0.25) is 5.91 Å². The van der Waals surface area contributed by atoms with Gasteiger partial charge in [-0.15, -0.1) is 0 Å². The van der Waals surface area contributed by atoms with Gasteiger partial charge in [0.15, 0.2) is 0 Å². The van der Waals surface area contributed by atoms with Crippen LogP contribution in [0.25, 0.3) is 17.4 Å². The van der Waals surface area contributed by atoms with Crippen molar-refractivity contribution < 1.29 is 18.9 Å². The number of carbonyl (C=O) groups is 2. The first-order chi connectivity index (χ1) is 16.5. The Labute approximate surface area is 194 Å². The van der Waals surface area contributed by atoms with Crippen molar-refractivity contribution in [3.63, 3.8) is 0 Å². The van der Waals surface area contributed by atoms with Gasteiger partial charge in [-0.3, -0.25) is 19.7 Å². The van der Waals surface area contributed by atoms with Crippen molar-refractivity contribution in [3.8, 4) is 11.3 Å². The second-order valence-electron chi connectivity index (χ2n) is 7.20. The average molecular weight is 453 g/mol. The molecule has 0 saturated carbocycles. The minimum atomic E-state index is -0.473. The number of furan rings is 1. The molecule has 0 saturated heterocycles. The summed E-state index contributed by atoms with van der Waals surface area (Å²) in [5.41, 5.74) is 1.99. The summed E-state index contributed by atoms with van der Waals surface area (Å²) < 4.78 is 5.64. The molecule has 0 atom stereocenters. The van der Waals surface area contributed by atoms with E-state index >= 15 is 0 Å². The monoisotopic (exact) mass is 453 g/mol. The van der Waals surface area contributed by atoms with E-state index in [0.717, 1.165) is 0 Å². The zero-order valence-corrected chi connectivity index (χ0v) is 17.8. The zero-order chi connectivity index (χ0) is 23.9. The van der Waals surface area contributed by atoms with Crippen LogP contribution in [-0.4, -0.2) is 16.7 Å². The topological polar surface area (TPSA) is 114 Å². The van der Waals surface area contributed by atoms with Crippen molar-refractivity contribution in [2.45, 2.75) is 0 Å². The number of carbonyl (C=O) groups excluding carboxylic acids is 2. The zero-order valence-electron chi connectivity index (χ0n) is 17.8. The fourth-order valence-corrected chi connectivity index (χ4v) is 3.20. The number of hydrogen-bond donors (Lipinski definition) is 2. The lowest BCUT2D eigenvalue weighted by Gasteiger charge is -2.07. The van der Waals surface area contributed by atoms with Gasteiger partial charge in [-0.05, 0) is 60.7 Å². The van der Waals surface area contributed by atoms with E-state index in [1.807, 2.05) is 6.07 Å². The molecular weight excluding hydrogens is 434 g/mol. The molecule has 34 heavy (non-hydrogen) atoms. The third-order valence-electron chi connectivity index (χ3n) is 4.84. The Morgan fingerprint density at radius 1 is 0.794 bits per heavy atom. The van der Waals surface area contributed by atoms with Crippen LogP contribution in [0.1, 0.15) is 16.1 Å². The number of nitro benzene ring substituents is 1. The van der Waals surface area contributed by atoms with Crippen LogP contribution in [-0.2, 0) is 4.79 Å². The standard InChI is InChI=1S/C26H19N3O5/c30-25(17-15-21-14-16-24(34-21)22-8-4-5-9-23(22)29(32)33)27-19-10-12-20(13-11-19)28-26(31)18-6-2-1-3-7-18/h1-17H,(H,27,30)(H,28,31)/b17-15+. The van der Waals surface area contributed by atoms with Gasteiger partial charge in [0, 0.05) is 29.1 Å². The maximum atomic E-state index is 12.3. The maximum Gasteiger partial charge on any atom is 0.280 e. The molecule has 0 bridgehead atoms. The lowest BCUT2D eigenvalue weighted by Crippen LogP contribution is -2.12. The second-order valence-corrected chi connectivity index (χ2v) is 7.20. The summed E-state index contributed by atoms with van der Waals surface area (Å²) in [4.78, 5) is 35.2. The SMILES string of the molecule is O=C(/C=C/c1ccc(-c2ccccc2[N+](=O)[O-])o1)Nc1ccc(NC(=O)c2ccccc2)cc1. The van der Waals surface area contributed by atoms with Crippen LogP contribution in [0.2, 0.25) is 0 Å². The Kier molecular flexibility index (Phi) is 6.60. The molecule has 0 radical (unpaired) electrons. The molecule has 0 aliphatic rings. The van der Waals surface area contributed by atoms with Crippen LogP contribution in [0, 0.1) is 10.1 Å². The summed E-state index contributed by atoms with van der Waals surface area (Å²) in [7, 11) is 0. The number of para-hydroxylation sites is 1. The van der Waals surface area contributed by atoms with Crippen molar-refractivity contribution in [3.05, 3.63) is 119 Å². The van der Waals surface area contributed by atoms with Gasteiger partial charge in [0.05, 0.1) is 10.5 Å². The highest BCUT2D eigenvalue weighted by atomic mass is 16.6. The first-order valence-electron chi connectivity index (χ1n) is 10.3. The minimum Gasteiger partial charge on any atom is -0.456 e. The van der Waals surface area contributed by atoms with Crippen LogP contribution in [0.4, 0.5) is 17.1 Å². The summed E-state index contributed by atoms with van der Waals surface area (Å²) in [5.74, 6) is 0.103. The van der Waals surface area contributed by atoms with E-state index in [1.54, 1.807) is 78.9 Å². The lowest BCUT2D eigenvalue weighted by atomic mass is 10.1. The normalized spacial score (nSPS) is 10.7. The molecule has 168 valence electrons. The molecule has 0 aliphatic carbocycles. The van der Waals surface area contributed by atoms with E-state index < -0.39 is 4.92 Å². The predicted octanol–water partition coefficient (Wildman–Crippen LogP) is 5.76. The average Bonchev–Trinajstić information content (AvgIpc) is 3.33. The summed E-state index contributed by atoms with van der Waals surface area (Å²) in [6.07, 6.45) is 2.77. The summed E-state index contributed by atoms with van der Waals surface area (Å²) in [6, 6.07) is 25.1. The number of nitrogens with zero attached hydrogens (tertiary/aromatic N) is 1. The van der Waals surface area contributed by atoms with E-state index in [2.05, 4.69) is 10.6 Å². The van der Waals surface area contributed by atoms with E-state index in [0.29, 0.717) is 34.0 Å². The molecule has 8 nitrogen and oxygen atoms in total. The van der Waals surface area contributed by atoms with Crippen molar-refractivity contribution >= 4 is 35.0 Å². The van der Waals surface area contributed by atoms with Gasteiger partial charge in [-0.25, -0.2) is 0 Å². The van der Waals surface area contributed by atoms with Gasteiger partial charge in [-0.2, -0.15) is 0 Å². The van der Waals surface area contributed by atoms with Gasteiger partial charge in [0.25, 0.3) is 11.6 Å². The molecule has 1 aromatic heterocycles. The molecule has 2 N–H and O–H groups in total. The summed E-state index contributed by atoms with van der Waals surface area (Å²) in [6.45, 7) is 0. The molecule has 0 unspecified atom stereocenters. The smallest absolute Gasteiger partial charge is 0.280 e. The first-order valence-corrected chi connectivity index (χ1v) is 10.3. The Morgan fingerprint density at radius 3 is 2.15 bits per heavy atom. The molecule has 4 rings (SSSR count). The fourth-order valence-electron chi connectivity index (χ4n) is 3.20. The number of hydrogen-bond acceptors (Lipinski definition) is 5. The highest BCUT2D eigenvalue weighted by molar-refractivity contribution is 6.05. The number of anilines is 2. The summed E-state index contributed by atoms with van der Waals surface area (Å²) in [5, 5.41) is 16.7. The van der Waals surface area contributed by atoms with E-state index in [1.165, 1.54) is 18.2 Å². The molecule has 0 fully saturated rings. The lowest BCUT2D eigenvalue weighted by molar-refractivity contribution is -0.384. The van der Waals surface area contributed by atoms with Crippen molar-refractivity contribution in [1.82, 2.24) is 0 Å². The van der Waals surface area contributed by atoms with Gasteiger partial charge >= 0.3 is 0 Å². The third kappa shape index (κ3) is 5.43. The van der Waals surface area contributed by atoms with Gasteiger partial charge < -0.3 is 15.1 Å². The Morgan fingerprint density at radius 2 is 1.44 bits per heavy atom. The van der Waals surface area contributed by atoms with Crippen LogP contribution in [0.5, 0.6) is 0 Å². The second kappa shape index (κ2) is 10.1. The van der Waals surface area contributed by atoms with E-state index in [4.69, 9.17) is 4.42 Å². The van der Waals surface area contributed by atoms with Crippen LogP contribution < -0.4 is 10.6 Å². The maximum absolute atomic E-state index is 12.3. The van der Waals surface area contributed by atoms with Gasteiger partial charge in [-0.1, -0.05) is 30.3 Å².